The molecule has 0 saturated carbocycles. The van der Waals surface area contributed by atoms with Crippen LogP contribution >= 0.6 is 0 Å². The Balaban J connectivity index is 1.87. The number of hydrogen-bond donors (Lipinski definition) is 1. The van der Waals surface area contributed by atoms with Crippen molar-refractivity contribution in [2.75, 3.05) is 18.0 Å². The van der Waals surface area contributed by atoms with E-state index < -0.39 is 0 Å². The van der Waals surface area contributed by atoms with E-state index in [0.29, 0.717) is 0 Å². The Morgan fingerprint density at radius 3 is 2.59 bits per heavy atom. The average molecular weight is 229 g/mol. The van der Waals surface area contributed by atoms with Crippen LogP contribution in [0.1, 0.15) is 18.5 Å². The number of aromatic nitrogens is 4. The van der Waals surface area contributed by atoms with Crippen LogP contribution in [0.3, 0.4) is 0 Å². The van der Waals surface area contributed by atoms with Crippen LogP contribution < -0.4 is 4.90 Å². The number of aryl methyl sites for hydroxylation is 1. The summed E-state index contributed by atoms with van der Waals surface area (Å²) in [6, 6.07) is 4.05. The summed E-state index contributed by atoms with van der Waals surface area (Å²) in [5.41, 5.74) is 2.91. The second-order valence-electron chi connectivity index (χ2n) is 4.38. The molecule has 0 bridgehead atoms. The fraction of sp³-hybridized carbons (Fsp3) is 0.417. The van der Waals surface area contributed by atoms with Crippen molar-refractivity contribution in [2.24, 2.45) is 0 Å². The third-order valence-corrected chi connectivity index (χ3v) is 3.19. The van der Waals surface area contributed by atoms with E-state index in [1.54, 1.807) is 6.20 Å². The van der Waals surface area contributed by atoms with Gasteiger partial charge in [-0.3, -0.25) is 5.10 Å². The van der Waals surface area contributed by atoms with Crippen LogP contribution in [0.25, 0.3) is 11.3 Å². The second kappa shape index (κ2) is 4.16. The predicted molar refractivity (Wildman–Crippen MR) is 65.8 cm³/mol. The maximum absolute atomic E-state index is 4.29. The highest BCUT2D eigenvalue weighted by Gasteiger charge is 2.14. The third kappa shape index (κ3) is 1.88. The lowest BCUT2D eigenvalue weighted by molar-refractivity contribution is 0.896. The molecule has 0 atom stereocenters. The van der Waals surface area contributed by atoms with E-state index in [1.165, 1.54) is 12.8 Å². The predicted octanol–water partition coefficient (Wildman–Crippen LogP) is 1.78. The highest BCUT2D eigenvalue weighted by atomic mass is 15.3. The molecule has 3 heterocycles. The molecule has 3 rings (SSSR count). The van der Waals surface area contributed by atoms with Gasteiger partial charge in [0.05, 0.1) is 11.9 Å². The Bertz CT molecular complexity index is 496. The number of nitrogens with zero attached hydrogens (tertiary/aromatic N) is 4. The van der Waals surface area contributed by atoms with E-state index in [2.05, 4.69) is 25.3 Å². The minimum absolute atomic E-state index is 0.874. The largest absolute Gasteiger partial charge is 0.355 e. The van der Waals surface area contributed by atoms with E-state index in [0.717, 1.165) is 35.9 Å². The minimum Gasteiger partial charge on any atom is -0.355 e. The Hall–Kier alpha value is -1.91. The van der Waals surface area contributed by atoms with Crippen molar-refractivity contribution < 1.29 is 0 Å². The summed E-state index contributed by atoms with van der Waals surface area (Å²) in [6.45, 7) is 4.18. The number of H-pyrrole nitrogens is 1. The molecule has 5 nitrogen and oxygen atoms in total. The number of rotatable bonds is 2. The molecule has 2 aromatic rings. The minimum atomic E-state index is 0.874. The summed E-state index contributed by atoms with van der Waals surface area (Å²) in [6.07, 6.45) is 4.30. The standard InChI is InChI=1S/C12H15N5/c1-9-10(8-13-14-9)11-4-5-12(16-15-11)17-6-2-3-7-17/h4-5,8H,2-3,6-7H2,1H3,(H,13,14). The molecule has 0 unspecified atom stereocenters. The Morgan fingerprint density at radius 2 is 2.00 bits per heavy atom. The maximum Gasteiger partial charge on any atom is 0.151 e. The van der Waals surface area contributed by atoms with Crippen LogP contribution in [0.15, 0.2) is 18.3 Å². The average Bonchev–Trinajstić information content (AvgIpc) is 3.00. The van der Waals surface area contributed by atoms with Crippen molar-refractivity contribution in [3.63, 3.8) is 0 Å². The van der Waals surface area contributed by atoms with Crippen LogP contribution in [0, 0.1) is 6.92 Å². The van der Waals surface area contributed by atoms with Gasteiger partial charge in [0.2, 0.25) is 0 Å². The molecule has 0 aromatic carbocycles. The van der Waals surface area contributed by atoms with Crippen LogP contribution in [-0.4, -0.2) is 33.5 Å². The van der Waals surface area contributed by atoms with Crippen LogP contribution in [-0.2, 0) is 0 Å². The van der Waals surface area contributed by atoms with Crippen molar-refractivity contribution in [1.82, 2.24) is 20.4 Å². The van der Waals surface area contributed by atoms with Crippen LogP contribution in [0.5, 0.6) is 0 Å². The maximum atomic E-state index is 4.29. The lowest BCUT2D eigenvalue weighted by atomic mass is 10.2. The van der Waals surface area contributed by atoms with Gasteiger partial charge in [0.1, 0.15) is 0 Å². The number of aromatic amines is 1. The van der Waals surface area contributed by atoms with Gasteiger partial charge in [-0.1, -0.05) is 0 Å². The van der Waals surface area contributed by atoms with Gasteiger partial charge in [-0.05, 0) is 31.9 Å². The molecule has 1 aliphatic rings. The molecular weight excluding hydrogens is 214 g/mol. The molecule has 1 N–H and O–H groups in total. The fourth-order valence-corrected chi connectivity index (χ4v) is 2.19. The zero-order valence-corrected chi connectivity index (χ0v) is 9.85. The molecule has 2 aromatic heterocycles. The van der Waals surface area contributed by atoms with E-state index in [1.807, 2.05) is 19.1 Å². The van der Waals surface area contributed by atoms with Gasteiger partial charge >= 0.3 is 0 Å². The quantitative estimate of drug-likeness (QED) is 0.852. The molecule has 0 spiro atoms. The van der Waals surface area contributed by atoms with Crippen molar-refractivity contribution in [3.05, 3.63) is 24.0 Å². The highest BCUT2D eigenvalue weighted by Crippen LogP contribution is 2.21. The first-order valence-electron chi connectivity index (χ1n) is 5.93. The van der Waals surface area contributed by atoms with E-state index in [-0.39, 0.29) is 0 Å². The first kappa shape index (κ1) is 10.3. The monoisotopic (exact) mass is 229 g/mol. The number of hydrogen-bond acceptors (Lipinski definition) is 4. The van der Waals surface area contributed by atoms with Gasteiger partial charge in [-0.25, -0.2) is 0 Å². The zero-order chi connectivity index (χ0) is 11.7. The molecule has 1 fully saturated rings. The number of anilines is 1. The lowest BCUT2D eigenvalue weighted by Gasteiger charge is -2.15. The summed E-state index contributed by atoms with van der Waals surface area (Å²) in [5.74, 6) is 0.979. The Labute approximate surface area is 99.9 Å². The molecule has 1 saturated heterocycles. The van der Waals surface area contributed by atoms with Crippen molar-refractivity contribution in [2.45, 2.75) is 19.8 Å². The molecular formula is C12H15N5. The summed E-state index contributed by atoms with van der Waals surface area (Å²) in [7, 11) is 0. The molecule has 0 aliphatic carbocycles. The summed E-state index contributed by atoms with van der Waals surface area (Å²) < 4.78 is 0. The molecule has 5 heteroatoms. The van der Waals surface area contributed by atoms with Gasteiger partial charge in [0.15, 0.2) is 5.82 Å². The van der Waals surface area contributed by atoms with Crippen LogP contribution in [0.4, 0.5) is 5.82 Å². The third-order valence-electron chi connectivity index (χ3n) is 3.19. The first-order chi connectivity index (χ1) is 8.34. The van der Waals surface area contributed by atoms with Crippen molar-refractivity contribution in [3.8, 4) is 11.3 Å². The fourth-order valence-electron chi connectivity index (χ4n) is 2.19. The topological polar surface area (TPSA) is 57.7 Å². The molecule has 0 amide bonds. The Kier molecular flexibility index (Phi) is 2.51. The summed E-state index contributed by atoms with van der Waals surface area (Å²) >= 11 is 0. The van der Waals surface area contributed by atoms with E-state index in [9.17, 15) is 0 Å². The smallest absolute Gasteiger partial charge is 0.151 e. The zero-order valence-electron chi connectivity index (χ0n) is 9.85. The molecule has 17 heavy (non-hydrogen) atoms. The van der Waals surface area contributed by atoms with Gasteiger partial charge in [-0.15, -0.1) is 10.2 Å². The van der Waals surface area contributed by atoms with E-state index in [4.69, 9.17) is 0 Å². The summed E-state index contributed by atoms with van der Waals surface area (Å²) in [4.78, 5) is 2.28. The SMILES string of the molecule is Cc1[nH]ncc1-c1ccc(N2CCCC2)nn1. The lowest BCUT2D eigenvalue weighted by Crippen LogP contribution is -2.19. The van der Waals surface area contributed by atoms with Gasteiger partial charge in [0, 0.05) is 24.3 Å². The van der Waals surface area contributed by atoms with Gasteiger partial charge < -0.3 is 4.90 Å². The summed E-state index contributed by atoms with van der Waals surface area (Å²) in [5, 5.41) is 15.5. The first-order valence-corrected chi connectivity index (χ1v) is 5.93. The van der Waals surface area contributed by atoms with Crippen LogP contribution in [0.2, 0.25) is 0 Å². The number of nitrogens with one attached hydrogen (secondary N) is 1. The van der Waals surface area contributed by atoms with Crippen molar-refractivity contribution in [1.29, 1.82) is 0 Å². The molecule has 1 aliphatic heterocycles. The highest BCUT2D eigenvalue weighted by molar-refractivity contribution is 5.61. The van der Waals surface area contributed by atoms with Gasteiger partial charge in [-0.2, -0.15) is 5.10 Å². The van der Waals surface area contributed by atoms with Gasteiger partial charge in [0.25, 0.3) is 0 Å². The Morgan fingerprint density at radius 1 is 1.18 bits per heavy atom. The molecule has 0 radical (unpaired) electrons. The molecule has 88 valence electrons. The normalized spacial score (nSPS) is 15.5. The van der Waals surface area contributed by atoms with E-state index >= 15 is 0 Å². The van der Waals surface area contributed by atoms with Crippen molar-refractivity contribution >= 4 is 5.82 Å². The second-order valence-corrected chi connectivity index (χ2v) is 4.38.